The third-order valence-corrected chi connectivity index (χ3v) is 4.79. The summed E-state index contributed by atoms with van der Waals surface area (Å²) in [5.74, 6) is 0.142. The maximum absolute atomic E-state index is 12.4. The monoisotopic (exact) mass is 373 g/mol. The molecule has 2 rings (SSSR count). The first-order valence-corrected chi connectivity index (χ1v) is 8.83. The summed E-state index contributed by atoms with van der Waals surface area (Å²) in [6.45, 7) is 2.52. The third kappa shape index (κ3) is 4.22. The van der Waals surface area contributed by atoms with Crippen LogP contribution in [0.15, 0.2) is 17.0 Å². The molecule has 0 radical (unpaired) electrons. The fraction of sp³-hybridized carbons (Fsp3) is 0.375. The number of rotatable bonds is 6. The predicted octanol–water partition coefficient (Wildman–Crippen LogP) is 5.23. The van der Waals surface area contributed by atoms with Gasteiger partial charge in [-0.2, -0.15) is 0 Å². The highest BCUT2D eigenvalue weighted by molar-refractivity contribution is 8.18. The van der Waals surface area contributed by atoms with Crippen molar-refractivity contribution in [3.05, 3.63) is 32.6 Å². The van der Waals surface area contributed by atoms with Gasteiger partial charge >= 0.3 is 0 Å². The van der Waals surface area contributed by atoms with Crippen LogP contribution < -0.4 is 4.74 Å². The fourth-order valence-corrected chi connectivity index (χ4v) is 3.70. The summed E-state index contributed by atoms with van der Waals surface area (Å²) in [4.78, 5) is 26.0. The molecule has 0 spiro atoms. The van der Waals surface area contributed by atoms with Gasteiger partial charge in [0.2, 0.25) is 0 Å². The maximum atomic E-state index is 12.4. The zero-order valence-corrected chi connectivity index (χ0v) is 15.2. The van der Waals surface area contributed by atoms with Gasteiger partial charge in [0.25, 0.3) is 11.1 Å². The van der Waals surface area contributed by atoms with Crippen LogP contribution in [0.25, 0.3) is 6.08 Å². The van der Waals surface area contributed by atoms with E-state index in [0.29, 0.717) is 32.8 Å². The molecule has 0 atom stereocenters. The molecule has 1 saturated heterocycles. The smallest absolute Gasteiger partial charge is 0.293 e. The summed E-state index contributed by atoms with van der Waals surface area (Å²) in [6.07, 6.45) is 4.43. The number of nitrogens with zero attached hydrogens (tertiary/aromatic N) is 1. The maximum Gasteiger partial charge on any atom is 0.293 e. The van der Waals surface area contributed by atoms with Gasteiger partial charge in [-0.25, -0.2) is 0 Å². The van der Waals surface area contributed by atoms with Crippen LogP contribution in [0.3, 0.4) is 0 Å². The average Bonchev–Trinajstić information content (AvgIpc) is 2.74. The van der Waals surface area contributed by atoms with Crippen molar-refractivity contribution in [1.82, 2.24) is 4.90 Å². The standard InChI is InChI=1S/C16H17Cl2NO3S/c1-3-4-5-6-19-15(20)13(23-16(19)21)8-10-7-11(17)9-12(18)14(10)22-2/h7-9H,3-6H2,1-2H3/b13-8-. The Bertz CT molecular complexity index is 661. The second-order valence-electron chi connectivity index (χ2n) is 5.05. The zero-order chi connectivity index (χ0) is 17.0. The van der Waals surface area contributed by atoms with Crippen LogP contribution in [-0.2, 0) is 4.79 Å². The highest BCUT2D eigenvalue weighted by Gasteiger charge is 2.34. The van der Waals surface area contributed by atoms with Crippen molar-refractivity contribution >= 4 is 52.2 Å². The normalized spacial score (nSPS) is 16.5. The predicted molar refractivity (Wildman–Crippen MR) is 95.2 cm³/mol. The average molecular weight is 374 g/mol. The Morgan fingerprint density at radius 3 is 2.65 bits per heavy atom. The van der Waals surface area contributed by atoms with Crippen LogP contribution in [-0.4, -0.2) is 29.7 Å². The van der Waals surface area contributed by atoms with E-state index in [1.54, 1.807) is 18.2 Å². The Kier molecular flexibility index (Phi) is 6.39. The van der Waals surface area contributed by atoms with E-state index in [4.69, 9.17) is 27.9 Å². The molecule has 0 bridgehead atoms. The van der Waals surface area contributed by atoms with Gasteiger partial charge in [0, 0.05) is 17.1 Å². The van der Waals surface area contributed by atoms with E-state index in [-0.39, 0.29) is 11.1 Å². The van der Waals surface area contributed by atoms with Crippen LogP contribution in [0.2, 0.25) is 10.0 Å². The van der Waals surface area contributed by atoms with Crippen LogP contribution in [0.5, 0.6) is 5.75 Å². The number of halogens is 2. The summed E-state index contributed by atoms with van der Waals surface area (Å²) in [5, 5.41) is 0.544. The van der Waals surface area contributed by atoms with Gasteiger partial charge in [-0.15, -0.1) is 0 Å². The molecule has 23 heavy (non-hydrogen) atoms. The lowest BCUT2D eigenvalue weighted by atomic mass is 10.1. The van der Waals surface area contributed by atoms with E-state index >= 15 is 0 Å². The van der Waals surface area contributed by atoms with E-state index in [1.165, 1.54) is 12.0 Å². The summed E-state index contributed by atoms with van der Waals surface area (Å²) in [5.41, 5.74) is 0.573. The lowest BCUT2D eigenvalue weighted by molar-refractivity contribution is -0.122. The van der Waals surface area contributed by atoms with Crippen LogP contribution in [0, 0.1) is 0 Å². The number of methoxy groups -OCH3 is 1. The molecule has 0 aromatic heterocycles. The molecule has 124 valence electrons. The highest BCUT2D eigenvalue weighted by atomic mass is 35.5. The number of amides is 2. The van der Waals surface area contributed by atoms with Crippen LogP contribution >= 0.6 is 35.0 Å². The van der Waals surface area contributed by atoms with Crippen molar-refractivity contribution in [2.24, 2.45) is 0 Å². The molecule has 0 saturated carbocycles. The van der Waals surface area contributed by atoms with Crippen molar-refractivity contribution in [3.63, 3.8) is 0 Å². The first-order valence-electron chi connectivity index (χ1n) is 7.26. The Hall–Kier alpha value is -1.17. The molecule has 0 unspecified atom stereocenters. The quantitative estimate of drug-likeness (QED) is 0.505. The molecule has 7 heteroatoms. The number of benzene rings is 1. The lowest BCUT2D eigenvalue weighted by Gasteiger charge is -2.11. The number of hydrogen-bond donors (Lipinski definition) is 0. The molecule has 1 aliphatic rings. The number of carbonyl (C=O) groups excluding carboxylic acids is 2. The van der Waals surface area contributed by atoms with Gasteiger partial charge in [0.15, 0.2) is 0 Å². The lowest BCUT2D eigenvalue weighted by Crippen LogP contribution is -2.29. The topological polar surface area (TPSA) is 46.6 Å². The van der Waals surface area contributed by atoms with E-state index < -0.39 is 0 Å². The van der Waals surface area contributed by atoms with E-state index in [0.717, 1.165) is 31.0 Å². The molecule has 0 aliphatic carbocycles. The van der Waals surface area contributed by atoms with E-state index in [2.05, 4.69) is 6.92 Å². The second-order valence-corrected chi connectivity index (χ2v) is 6.89. The van der Waals surface area contributed by atoms with Gasteiger partial charge in [-0.3, -0.25) is 14.5 Å². The molecule has 2 amide bonds. The van der Waals surface area contributed by atoms with Crippen molar-refractivity contribution in [1.29, 1.82) is 0 Å². The van der Waals surface area contributed by atoms with Gasteiger partial charge < -0.3 is 4.74 Å². The number of thioether (sulfide) groups is 1. The second kappa shape index (κ2) is 8.08. The number of ether oxygens (including phenoxy) is 1. The van der Waals surface area contributed by atoms with Crippen LogP contribution in [0.4, 0.5) is 4.79 Å². The molecular weight excluding hydrogens is 357 g/mol. The van der Waals surface area contributed by atoms with Crippen molar-refractivity contribution in [3.8, 4) is 5.75 Å². The first kappa shape index (κ1) is 18.2. The Labute approximate surface area is 149 Å². The molecule has 1 aromatic rings. The highest BCUT2D eigenvalue weighted by Crippen LogP contribution is 2.37. The largest absolute Gasteiger partial charge is 0.495 e. The zero-order valence-electron chi connectivity index (χ0n) is 12.9. The minimum Gasteiger partial charge on any atom is -0.495 e. The van der Waals surface area contributed by atoms with E-state index in [9.17, 15) is 9.59 Å². The number of carbonyl (C=O) groups is 2. The number of unbranched alkanes of at least 4 members (excludes halogenated alkanes) is 2. The molecule has 1 aromatic carbocycles. The molecule has 4 nitrogen and oxygen atoms in total. The Morgan fingerprint density at radius 1 is 1.26 bits per heavy atom. The van der Waals surface area contributed by atoms with Gasteiger partial charge in [-0.05, 0) is 36.4 Å². The Morgan fingerprint density at radius 2 is 2.00 bits per heavy atom. The van der Waals surface area contributed by atoms with Gasteiger partial charge in [-0.1, -0.05) is 43.0 Å². The van der Waals surface area contributed by atoms with E-state index in [1.807, 2.05) is 0 Å². The summed E-state index contributed by atoms with van der Waals surface area (Å²) in [6, 6.07) is 3.22. The molecule has 0 N–H and O–H groups in total. The minimum absolute atomic E-state index is 0.246. The molecular formula is C16H17Cl2NO3S. The number of imide groups is 1. The van der Waals surface area contributed by atoms with Crippen molar-refractivity contribution in [2.75, 3.05) is 13.7 Å². The number of hydrogen-bond acceptors (Lipinski definition) is 4. The van der Waals surface area contributed by atoms with Gasteiger partial charge in [0.1, 0.15) is 5.75 Å². The summed E-state index contributed by atoms with van der Waals surface area (Å²) in [7, 11) is 1.49. The molecule has 1 heterocycles. The summed E-state index contributed by atoms with van der Waals surface area (Å²) >= 11 is 13.0. The molecule has 1 aliphatic heterocycles. The van der Waals surface area contributed by atoms with Gasteiger partial charge in [0.05, 0.1) is 17.0 Å². The first-order chi connectivity index (χ1) is 11.0. The fourth-order valence-electron chi connectivity index (χ4n) is 2.26. The molecule has 1 fully saturated rings. The third-order valence-electron chi connectivity index (χ3n) is 3.39. The minimum atomic E-state index is -0.283. The Balaban J connectivity index is 2.27. The summed E-state index contributed by atoms with van der Waals surface area (Å²) < 4.78 is 5.26. The SMILES string of the molecule is CCCCCN1C(=O)S/C(=C\c2cc(Cl)cc(Cl)c2OC)C1=O. The van der Waals surface area contributed by atoms with Crippen molar-refractivity contribution < 1.29 is 14.3 Å². The van der Waals surface area contributed by atoms with Crippen LogP contribution in [0.1, 0.15) is 31.7 Å². The van der Waals surface area contributed by atoms with Crippen molar-refractivity contribution in [2.45, 2.75) is 26.2 Å².